The highest BCUT2D eigenvalue weighted by Crippen LogP contribution is 2.24. The van der Waals surface area contributed by atoms with E-state index in [-0.39, 0.29) is 30.6 Å². The van der Waals surface area contributed by atoms with Crippen molar-refractivity contribution in [2.45, 2.75) is 0 Å². The van der Waals surface area contributed by atoms with Crippen molar-refractivity contribution in [2.24, 2.45) is 7.05 Å². The molecule has 1 aromatic heterocycles. The molecule has 0 bridgehead atoms. The van der Waals surface area contributed by atoms with E-state index in [1.54, 1.807) is 24.1 Å². The molecule has 3 rings (SSSR count). The van der Waals surface area contributed by atoms with E-state index in [0.29, 0.717) is 5.69 Å². The van der Waals surface area contributed by atoms with Crippen LogP contribution in [-0.4, -0.2) is 57.7 Å². The molecule has 24 heavy (non-hydrogen) atoms. The average Bonchev–Trinajstić information content (AvgIpc) is 2.94. The van der Waals surface area contributed by atoms with Gasteiger partial charge in [-0.3, -0.25) is 19.2 Å². The first-order chi connectivity index (χ1) is 11.4. The minimum atomic E-state index is -1.08. The van der Waals surface area contributed by atoms with Crippen LogP contribution in [0.5, 0.6) is 0 Å². The first-order valence-electron chi connectivity index (χ1n) is 7.29. The SMILES string of the molecule is CN1C(=O)CN(c2ccc(-c3cc(C(=O)O)nn3C)cc2)CC1=O. The second-order valence-electron chi connectivity index (χ2n) is 5.59. The summed E-state index contributed by atoms with van der Waals surface area (Å²) in [6.07, 6.45) is 0. The van der Waals surface area contributed by atoms with E-state index in [1.165, 1.54) is 17.8 Å². The van der Waals surface area contributed by atoms with Crippen LogP contribution >= 0.6 is 0 Å². The zero-order valence-electron chi connectivity index (χ0n) is 13.3. The average molecular weight is 328 g/mol. The lowest BCUT2D eigenvalue weighted by atomic mass is 10.1. The van der Waals surface area contributed by atoms with Crippen LogP contribution in [0, 0.1) is 0 Å². The number of rotatable bonds is 3. The topological polar surface area (TPSA) is 95.7 Å². The fourth-order valence-corrected chi connectivity index (χ4v) is 2.60. The van der Waals surface area contributed by atoms with Gasteiger partial charge in [0.05, 0.1) is 18.8 Å². The Labute approximate surface area is 137 Å². The van der Waals surface area contributed by atoms with Gasteiger partial charge in [-0.1, -0.05) is 12.1 Å². The van der Waals surface area contributed by atoms with Gasteiger partial charge in [-0.15, -0.1) is 0 Å². The highest BCUT2D eigenvalue weighted by molar-refractivity contribution is 6.02. The minimum Gasteiger partial charge on any atom is -0.476 e. The second kappa shape index (κ2) is 5.80. The number of aromatic nitrogens is 2. The maximum atomic E-state index is 11.8. The first-order valence-corrected chi connectivity index (χ1v) is 7.29. The molecule has 0 radical (unpaired) electrons. The van der Waals surface area contributed by atoms with Gasteiger partial charge in [0.1, 0.15) is 0 Å². The third-order valence-corrected chi connectivity index (χ3v) is 4.03. The fraction of sp³-hybridized carbons (Fsp3) is 0.250. The molecule has 1 aliphatic heterocycles. The summed E-state index contributed by atoms with van der Waals surface area (Å²) in [4.78, 5) is 37.4. The van der Waals surface area contributed by atoms with Crippen molar-refractivity contribution < 1.29 is 19.5 Å². The van der Waals surface area contributed by atoms with Crippen LogP contribution in [0.1, 0.15) is 10.5 Å². The highest BCUT2D eigenvalue weighted by Gasteiger charge is 2.28. The van der Waals surface area contributed by atoms with E-state index in [9.17, 15) is 14.4 Å². The number of carbonyl (C=O) groups excluding carboxylic acids is 2. The van der Waals surface area contributed by atoms with E-state index < -0.39 is 5.97 Å². The summed E-state index contributed by atoms with van der Waals surface area (Å²) in [5.41, 5.74) is 2.21. The summed E-state index contributed by atoms with van der Waals surface area (Å²) in [5, 5.41) is 12.9. The van der Waals surface area contributed by atoms with Gasteiger partial charge in [0.2, 0.25) is 11.8 Å². The third kappa shape index (κ3) is 2.73. The number of carbonyl (C=O) groups is 3. The Morgan fingerprint density at radius 3 is 2.17 bits per heavy atom. The molecule has 2 aromatic rings. The number of piperazine rings is 1. The Bertz CT molecular complexity index is 807. The van der Waals surface area contributed by atoms with Gasteiger partial charge in [0, 0.05) is 19.8 Å². The van der Waals surface area contributed by atoms with Crippen LogP contribution in [-0.2, 0) is 16.6 Å². The van der Waals surface area contributed by atoms with Crippen molar-refractivity contribution in [3.05, 3.63) is 36.0 Å². The van der Waals surface area contributed by atoms with Crippen LogP contribution in [0.2, 0.25) is 0 Å². The van der Waals surface area contributed by atoms with Crippen molar-refractivity contribution >= 4 is 23.5 Å². The molecule has 2 amide bonds. The molecular formula is C16H16N4O4. The molecule has 124 valence electrons. The Kier molecular flexibility index (Phi) is 3.80. The number of benzene rings is 1. The summed E-state index contributed by atoms with van der Waals surface area (Å²) in [6, 6.07) is 8.72. The van der Waals surface area contributed by atoms with Gasteiger partial charge >= 0.3 is 5.97 Å². The zero-order valence-corrected chi connectivity index (χ0v) is 13.3. The van der Waals surface area contributed by atoms with Crippen molar-refractivity contribution in [1.82, 2.24) is 14.7 Å². The lowest BCUT2D eigenvalue weighted by molar-refractivity contribution is -0.143. The summed E-state index contributed by atoms with van der Waals surface area (Å²) < 4.78 is 1.50. The molecule has 0 aliphatic carbocycles. The summed E-state index contributed by atoms with van der Waals surface area (Å²) in [7, 11) is 3.15. The Morgan fingerprint density at radius 1 is 1.08 bits per heavy atom. The van der Waals surface area contributed by atoms with Gasteiger partial charge < -0.3 is 10.0 Å². The molecular weight excluding hydrogens is 312 g/mol. The number of likely N-dealkylation sites (N-methyl/N-ethyl adjacent to an activating group) is 1. The lowest BCUT2D eigenvalue weighted by Gasteiger charge is -2.32. The van der Waals surface area contributed by atoms with Gasteiger partial charge in [0.15, 0.2) is 5.69 Å². The molecule has 8 nitrogen and oxygen atoms in total. The quantitative estimate of drug-likeness (QED) is 0.829. The van der Waals surface area contributed by atoms with Gasteiger partial charge in [-0.05, 0) is 23.8 Å². The number of carboxylic acid groups (broad SMARTS) is 1. The Hall–Kier alpha value is -3.16. The maximum absolute atomic E-state index is 11.8. The van der Waals surface area contributed by atoms with Gasteiger partial charge in [-0.2, -0.15) is 5.10 Å². The molecule has 0 atom stereocenters. The molecule has 0 spiro atoms. The number of carboxylic acids is 1. The smallest absolute Gasteiger partial charge is 0.356 e. The summed E-state index contributed by atoms with van der Waals surface area (Å²) in [6.45, 7) is 0.299. The van der Waals surface area contributed by atoms with E-state index in [4.69, 9.17) is 5.11 Å². The van der Waals surface area contributed by atoms with Crippen LogP contribution in [0.3, 0.4) is 0 Å². The standard InChI is InChI=1S/C16H16N4O4/c1-18-14(21)8-20(9-15(18)22)11-5-3-10(4-6-11)13-7-12(16(23)24)17-19(13)2/h3-7H,8-9H2,1-2H3,(H,23,24). The molecule has 1 aromatic carbocycles. The monoisotopic (exact) mass is 328 g/mol. The summed E-state index contributed by atoms with van der Waals surface area (Å²) >= 11 is 0. The van der Waals surface area contributed by atoms with Gasteiger partial charge in [-0.25, -0.2) is 4.79 Å². The molecule has 1 saturated heterocycles. The van der Waals surface area contributed by atoms with Crippen LogP contribution in [0.15, 0.2) is 30.3 Å². The van der Waals surface area contributed by atoms with Crippen molar-refractivity contribution in [3.8, 4) is 11.3 Å². The van der Waals surface area contributed by atoms with Crippen LogP contribution in [0.4, 0.5) is 5.69 Å². The molecule has 2 heterocycles. The zero-order chi connectivity index (χ0) is 17.4. The first kappa shape index (κ1) is 15.7. The normalized spacial score (nSPS) is 15.1. The number of hydrogen-bond acceptors (Lipinski definition) is 5. The van der Waals surface area contributed by atoms with E-state index in [2.05, 4.69) is 5.10 Å². The van der Waals surface area contributed by atoms with Crippen LogP contribution in [0.25, 0.3) is 11.3 Å². The number of amides is 2. The predicted octanol–water partition coefficient (Wildman–Crippen LogP) is 0.590. The largest absolute Gasteiger partial charge is 0.476 e. The fourth-order valence-electron chi connectivity index (χ4n) is 2.60. The number of aryl methyl sites for hydroxylation is 1. The minimum absolute atomic E-state index is 0.0214. The summed E-state index contributed by atoms with van der Waals surface area (Å²) in [5.74, 6) is -1.57. The number of aromatic carboxylic acids is 1. The van der Waals surface area contributed by atoms with Crippen LogP contribution < -0.4 is 4.90 Å². The van der Waals surface area contributed by atoms with E-state index in [1.807, 2.05) is 12.1 Å². The van der Waals surface area contributed by atoms with Gasteiger partial charge in [0.25, 0.3) is 0 Å². The number of hydrogen-bond donors (Lipinski definition) is 1. The van der Waals surface area contributed by atoms with E-state index in [0.717, 1.165) is 16.2 Å². The maximum Gasteiger partial charge on any atom is 0.356 e. The second-order valence-corrected chi connectivity index (χ2v) is 5.59. The third-order valence-electron chi connectivity index (χ3n) is 4.03. The molecule has 0 unspecified atom stereocenters. The van der Waals surface area contributed by atoms with E-state index >= 15 is 0 Å². The van der Waals surface area contributed by atoms with Crippen molar-refractivity contribution in [3.63, 3.8) is 0 Å². The highest BCUT2D eigenvalue weighted by atomic mass is 16.4. The Morgan fingerprint density at radius 2 is 1.67 bits per heavy atom. The number of imide groups is 1. The molecule has 1 fully saturated rings. The van der Waals surface area contributed by atoms with Crippen molar-refractivity contribution in [2.75, 3.05) is 25.0 Å². The predicted molar refractivity (Wildman–Crippen MR) is 85.6 cm³/mol. The lowest BCUT2D eigenvalue weighted by Crippen LogP contribution is -2.52. The number of anilines is 1. The molecule has 0 saturated carbocycles. The molecule has 1 aliphatic rings. The Balaban J connectivity index is 1.85. The molecule has 8 heteroatoms. The van der Waals surface area contributed by atoms with Crippen molar-refractivity contribution in [1.29, 1.82) is 0 Å². The molecule has 1 N–H and O–H groups in total. The number of nitrogens with zero attached hydrogens (tertiary/aromatic N) is 4.